The van der Waals surface area contributed by atoms with Crippen LogP contribution in [0.25, 0.3) is 6.08 Å². The monoisotopic (exact) mass is 491 g/mol. The maximum Gasteiger partial charge on any atom is 0.416 e. The van der Waals surface area contributed by atoms with Crippen LogP contribution in [0.1, 0.15) is 32.6 Å². The Kier molecular flexibility index (Phi) is 6.20. The van der Waals surface area contributed by atoms with Crippen molar-refractivity contribution in [3.8, 4) is 5.75 Å². The number of amides is 2. The van der Waals surface area contributed by atoms with E-state index in [0.29, 0.717) is 16.7 Å². The number of carboxylic acid groups (broad SMARTS) is 1. The van der Waals surface area contributed by atoms with E-state index < -0.39 is 64.0 Å². The van der Waals surface area contributed by atoms with Crippen molar-refractivity contribution in [1.82, 2.24) is 4.90 Å². The molecule has 1 aliphatic heterocycles. The first-order chi connectivity index (χ1) is 15.2. The van der Waals surface area contributed by atoms with Crippen molar-refractivity contribution in [2.45, 2.75) is 18.9 Å². The van der Waals surface area contributed by atoms with E-state index in [1.807, 2.05) is 0 Å². The van der Waals surface area contributed by atoms with Crippen LogP contribution in [0.4, 0.5) is 31.1 Å². The Bertz CT molecular complexity index is 1190. The Morgan fingerprint density at radius 2 is 1.67 bits per heavy atom. The second-order valence-electron chi connectivity index (χ2n) is 6.72. The molecule has 174 valence electrons. The number of alkyl halides is 6. The average Bonchev–Trinajstić information content (AvgIpc) is 2.95. The minimum Gasteiger partial charge on any atom is -0.507 e. The molecule has 0 spiro atoms. The summed E-state index contributed by atoms with van der Waals surface area (Å²) in [7, 11) is 0. The summed E-state index contributed by atoms with van der Waals surface area (Å²) in [6.45, 7) is -1.06. The van der Waals surface area contributed by atoms with Gasteiger partial charge in [-0.25, -0.2) is 4.79 Å². The number of hydrogen-bond donors (Lipinski definition) is 2. The van der Waals surface area contributed by atoms with Gasteiger partial charge in [-0.3, -0.25) is 14.5 Å². The number of carbonyl (C=O) groups is 3. The van der Waals surface area contributed by atoms with Crippen molar-refractivity contribution in [1.29, 1.82) is 0 Å². The molecule has 1 heterocycles. The van der Waals surface area contributed by atoms with Crippen molar-refractivity contribution in [2.24, 2.45) is 0 Å². The maximum atomic E-state index is 13.3. The Balaban J connectivity index is 1.96. The van der Waals surface area contributed by atoms with Crippen LogP contribution < -0.4 is 0 Å². The van der Waals surface area contributed by atoms with E-state index in [4.69, 9.17) is 5.11 Å². The molecule has 1 saturated heterocycles. The molecule has 2 N–H and O–H groups in total. The predicted molar refractivity (Wildman–Crippen MR) is 103 cm³/mol. The zero-order valence-corrected chi connectivity index (χ0v) is 16.8. The van der Waals surface area contributed by atoms with Crippen molar-refractivity contribution in [2.75, 3.05) is 0 Å². The van der Waals surface area contributed by atoms with E-state index in [1.165, 1.54) is 6.07 Å². The first-order valence-corrected chi connectivity index (χ1v) is 9.59. The third-order valence-corrected chi connectivity index (χ3v) is 5.40. The van der Waals surface area contributed by atoms with Crippen LogP contribution in [0.5, 0.6) is 5.75 Å². The highest BCUT2D eigenvalue weighted by Crippen LogP contribution is 2.39. The molecular weight excluding hydrogens is 480 g/mol. The number of thioether (sulfide) groups is 1. The number of phenols is 1. The van der Waals surface area contributed by atoms with E-state index in [9.17, 15) is 45.8 Å². The summed E-state index contributed by atoms with van der Waals surface area (Å²) in [6.07, 6.45) is -8.90. The zero-order chi connectivity index (χ0) is 24.7. The third kappa shape index (κ3) is 5.13. The lowest BCUT2D eigenvalue weighted by Gasteiger charge is -2.19. The highest BCUT2D eigenvalue weighted by Gasteiger charge is 2.40. The van der Waals surface area contributed by atoms with Gasteiger partial charge in [0.2, 0.25) is 0 Å². The second-order valence-corrected chi connectivity index (χ2v) is 7.71. The molecule has 2 aromatic rings. The molecule has 2 amide bonds. The van der Waals surface area contributed by atoms with Crippen LogP contribution in [0.3, 0.4) is 0 Å². The van der Waals surface area contributed by atoms with Gasteiger partial charge in [0, 0.05) is 0 Å². The molecule has 1 fully saturated rings. The fraction of sp³-hybridized carbons (Fsp3) is 0.150. The van der Waals surface area contributed by atoms with Crippen molar-refractivity contribution in [3.05, 3.63) is 69.1 Å². The van der Waals surface area contributed by atoms with Crippen LogP contribution in [-0.2, 0) is 23.7 Å². The number of hydrogen-bond acceptors (Lipinski definition) is 5. The van der Waals surface area contributed by atoms with Gasteiger partial charge in [-0.05, 0) is 59.3 Å². The third-order valence-electron chi connectivity index (χ3n) is 4.49. The smallest absolute Gasteiger partial charge is 0.416 e. The number of halogens is 6. The molecule has 0 saturated carbocycles. The first kappa shape index (κ1) is 24.2. The predicted octanol–water partition coefficient (Wildman–Crippen LogP) is 5.36. The molecule has 3 rings (SSSR count). The van der Waals surface area contributed by atoms with Gasteiger partial charge in [0.25, 0.3) is 11.1 Å². The number of carboxylic acids is 1. The summed E-state index contributed by atoms with van der Waals surface area (Å²) in [4.78, 5) is 36.0. The van der Waals surface area contributed by atoms with Crippen LogP contribution in [0.2, 0.25) is 0 Å². The fourth-order valence-electron chi connectivity index (χ4n) is 2.95. The number of rotatable bonds is 4. The molecule has 2 aromatic carbocycles. The summed E-state index contributed by atoms with van der Waals surface area (Å²) >= 11 is 0.323. The second kappa shape index (κ2) is 8.46. The summed E-state index contributed by atoms with van der Waals surface area (Å²) in [6, 6.07) is 3.97. The topological polar surface area (TPSA) is 94.9 Å². The molecule has 6 nitrogen and oxygen atoms in total. The van der Waals surface area contributed by atoms with Gasteiger partial charge >= 0.3 is 18.3 Å². The van der Waals surface area contributed by atoms with Gasteiger partial charge in [-0.1, -0.05) is 6.07 Å². The number of aromatic hydroxyl groups is 1. The molecule has 1 aliphatic rings. The van der Waals surface area contributed by atoms with Crippen LogP contribution >= 0.6 is 11.8 Å². The van der Waals surface area contributed by atoms with E-state index >= 15 is 0 Å². The molecule has 13 heteroatoms. The lowest BCUT2D eigenvalue weighted by molar-refractivity contribution is -0.142. The molecule has 0 bridgehead atoms. The van der Waals surface area contributed by atoms with Crippen molar-refractivity contribution in [3.63, 3.8) is 0 Å². The van der Waals surface area contributed by atoms with Gasteiger partial charge < -0.3 is 10.2 Å². The van der Waals surface area contributed by atoms with Gasteiger partial charge in [-0.2, -0.15) is 26.3 Å². The SMILES string of the molecule is O=C(O)c1cc(/C=C2\SC(=O)N(Cc3cc(C(F)(F)F)ccc3C(F)(F)F)C2=O)ccc1O. The minimum absolute atomic E-state index is 0.0887. The van der Waals surface area contributed by atoms with E-state index in [-0.39, 0.29) is 28.7 Å². The number of benzene rings is 2. The zero-order valence-electron chi connectivity index (χ0n) is 16.0. The van der Waals surface area contributed by atoms with Crippen molar-refractivity contribution < 1.29 is 50.9 Å². The van der Waals surface area contributed by atoms with E-state index in [1.54, 1.807) is 0 Å². The summed E-state index contributed by atoms with van der Waals surface area (Å²) in [5, 5.41) is 17.5. The Labute approximate surface area is 185 Å². The number of nitrogens with zero attached hydrogens (tertiary/aromatic N) is 1. The van der Waals surface area contributed by atoms with Gasteiger partial charge in [0.1, 0.15) is 11.3 Å². The molecule has 0 unspecified atom stereocenters. The van der Waals surface area contributed by atoms with Crippen LogP contribution in [-0.4, -0.2) is 32.2 Å². The molecule has 0 aliphatic carbocycles. The van der Waals surface area contributed by atoms with Crippen molar-refractivity contribution >= 4 is 35.0 Å². The maximum absolute atomic E-state index is 13.3. The normalized spacial score (nSPS) is 16.1. The quantitative estimate of drug-likeness (QED) is 0.442. The van der Waals surface area contributed by atoms with Gasteiger partial charge in [0.05, 0.1) is 22.6 Å². The van der Waals surface area contributed by atoms with E-state index in [0.717, 1.165) is 18.2 Å². The van der Waals surface area contributed by atoms with Crippen LogP contribution in [0.15, 0.2) is 41.3 Å². The number of carbonyl (C=O) groups excluding carboxylic acids is 2. The molecule has 0 atom stereocenters. The summed E-state index contributed by atoms with van der Waals surface area (Å²) in [5.41, 5.74) is -4.13. The fourth-order valence-corrected chi connectivity index (χ4v) is 3.79. The standard InChI is InChI=1S/C20H11F6NO5S/c21-19(22,23)11-2-3-13(20(24,25)26)10(7-11)8-27-16(29)15(33-18(27)32)6-9-1-4-14(28)12(5-9)17(30)31/h1-7,28H,8H2,(H,30,31)/b15-6-. The highest BCUT2D eigenvalue weighted by atomic mass is 32.2. The summed E-state index contributed by atoms with van der Waals surface area (Å²) < 4.78 is 78.8. The Morgan fingerprint density at radius 1 is 1.00 bits per heavy atom. The van der Waals surface area contributed by atoms with Gasteiger partial charge in [-0.15, -0.1) is 0 Å². The molecule has 0 aromatic heterocycles. The average molecular weight is 491 g/mol. The first-order valence-electron chi connectivity index (χ1n) is 8.77. The molecule has 0 radical (unpaired) electrons. The lowest BCUT2D eigenvalue weighted by atomic mass is 10.0. The summed E-state index contributed by atoms with van der Waals surface area (Å²) in [5.74, 6) is -3.10. The Hall–Kier alpha value is -3.48. The number of aromatic carboxylic acids is 1. The van der Waals surface area contributed by atoms with Crippen LogP contribution in [0, 0.1) is 0 Å². The minimum atomic E-state index is -5.03. The highest BCUT2D eigenvalue weighted by molar-refractivity contribution is 8.18. The van der Waals surface area contributed by atoms with E-state index in [2.05, 4.69) is 0 Å². The lowest BCUT2D eigenvalue weighted by Crippen LogP contribution is -2.29. The molecular formula is C20H11F6NO5S. The number of imide groups is 1. The molecule has 33 heavy (non-hydrogen) atoms. The Morgan fingerprint density at radius 3 is 2.24 bits per heavy atom. The largest absolute Gasteiger partial charge is 0.507 e. The van der Waals surface area contributed by atoms with Gasteiger partial charge in [0.15, 0.2) is 0 Å².